The lowest BCUT2D eigenvalue weighted by atomic mass is 9.97. The van der Waals surface area contributed by atoms with Crippen LogP contribution in [0, 0.1) is 0 Å². The molecule has 2 nitrogen and oxygen atoms in total. The van der Waals surface area contributed by atoms with Gasteiger partial charge >= 0.3 is 0 Å². The van der Waals surface area contributed by atoms with Crippen molar-refractivity contribution in [2.45, 2.75) is 19.8 Å². The molecule has 0 spiro atoms. The molecule has 0 fully saturated rings. The van der Waals surface area contributed by atoms with Crippen LogP contribution in [-0.2, 0) is 0 Å². The Morgan fingerprint density at radius 2 is 1.92 bits per heavy atom. The van der Waals surface area contributed by atoms with Gasteiger partial charge in [0.1, 0.15) is 5.82 Å². The van der Waals surface area contributed by atoms with E-state index in [2.05, 4.69) is 36.9 Å². The summed E-state index contributed by atoms with van der Waals surface area (Å²) in [6.45, 7) is 14.2. The highest BCUT2D eigenvalue weighted by molar-refractivity contribution is 5.86. The Kier molecular flexibility index (Phi) is 5.91. The number of nitrogens with zero attached hydrogens (tertiary/aromatic N) is 1. The average Bonchev–Trinajstić information content (AvgIpc) is 3.14. The molecule has 0 unspecified atom stereocenters. The first kappa shape index (κ1) is 17.5. The molecule has 1 aromatic carbocycles. The van der Waals surface area contributed by atoms with Crippen molar-refractivity contribution < 1.29 is 0 Å². The van der Waals surface area contributed by atoms with E-state index >= 15 is 0 Å². The van der Waals surface area contributed by atoms with Gasteiger partial charge in [0.05, 0.1) is 0 Å². The molecule has 0 radical (unpaired) electrons. The Morgan fingerprint density at radius 3 is 2.54 bits per heavy atom. The van der Waals surface area contributed by atoms with Crippen LogP contribution >= 0.6 is 0 Å². The second-order valence-corrected chi connectivity index (χ2v) is 5.84. The van der Waals surface area contributed by atoms with Crippen LogP contribution < -0.4 is 5.73 Å². The predicted octanol–water partition coefficient (Wildman–Crippen LogP) is 5.35. The van der Waals surface area contributed by atoms with E-state index in [9.17, 15) is 0 Å². The van der Waals surface area contributed by atoms with Crippen molar-refractivity contribution in [2.24, 2.45) is 10.7 Å². The molecule has 0 saturated heterocycles. The Morgan fingerprint density at radius 1 is 1.21 bits per heavy atom. The van der Waals surface area contributed by atoms with Crippen LogP contribution in [0.1, 0.15) is 25.3 Å². The van der Waals surface area contributed by atoms with Crippen molar-refractivity contribution >= 4 is 11.8 Å². The second-order valence-electron chi connectivity index (χ2n) is 5.84. The molecule has 1 aromatic rings. The number of hydrogen-bond donors (Lipinski definition) is 1. The Labute approximate surface area is 144 Å². The highest BCUT2D eigenvalue weighted by Crippen LogP contribution is 2.24. The molecule has 0 aromatic heterocycles. The zero-order chi connectivity index (χ0) is 17.5. The molecule has 24 heavy (non-hydrogen) atoms. The van der Waals surface area contributed by atoms with E-state index in [0.717, 1.165) is 39.8 Å². The first-order valence-corrected chi connectivity index (χ1v) is 7.96. The Balaban J connectivity index is 2.02. The fraction of sp³-hybridized carbons (Fsp3) is 0.136. The minimum Gasteiger partial charge on any atom is -0.383 e. The van der Waals surface area contributed by atoms with Gasteiger partial charge in [-0.1, -0.05) is 68.3 Å². The van der Waals surface area contributed by atoms with E-state index in [1.807, 2.05) is 43.3 Å². The zero-order valence-electron chi connectivity index (χ0n) is 14.3. The summed E-state index contributed by atoms with van der Waals surface area (Å²) in [5, 5.41) is 0. The summed E-state index contributed by atoms with van der Waals surface area (Å²) in [4.78, 5) is 4.34. The minimum atomic E-state index is 0.463. The number of hydrogen-bond acceptors (Lipinski definition) is 2. The molecule has 2 rings (SSSR count). The van der Waals surface area contributed by atoms with Crippen molar-refractivity contribution in [3.8, 4) is 0 Å². The number of benzene rings is 1. The maximum atomic E-state index is 6.09. The van der Waals surface area contributed by atoms with Gasteiger partial charge < -0.3 is 5.73 Å². The van der Waals surface area contributed by atoms with Crippen molar-refractivity contribution in [1.29, 1.82) is 0 Å². The van der Waals surface area contributed by atoms with Gasteiger partial charge in [0.25, 0.3) is 0 Å². The van der Waals surface area contributed by atoms with Crippen molar-refractivity contribution in [2.75, 3.05) is 0 Å². The van der Waals surface area contributed by atoms with Gasteiger partial charge in [-0.3, -0.25) is 0 Å². The second kappa shape index (κ2) is 8.11. The fourth-order valence-corrected chi connectivity index (χ4v) is 2.36. The van der Waals surface area contributed by atoms with Gasteiger partial charge in [-0.25, -0.2) is 4.99 Å². The lowest BCUT2D eigenvalue weighted by molar-refractivity contribution is 1.13. The third kappa shape index (κ3) is 4.56. The van der Waals surface area contributed by atoms with Crippen LogP contribution in [0.25, 0.3) is 5.57 Å². The van der Waals surface area contributed by atoms with E-state index in [1.165, 1.54) is 0 Å². The zero-order valence-corrected chi connectivity index (χ0v) is 14.3. The monoisotopic (exact) mass is 316 g/mol. The molecule has 0 bridgehead atoms. The van der Waals surface area contributed by atoms with Crippen LogP contribution in [0.4, 0.5) is 0 Å². The van der Waals surface area contributed by atoms with Gasteiger partial charge in [0, 0.05) is 6.21 Å². The average molecular weight is 316 g/mol. The molecular weight excluding hydrogens is 292 g/mol. The first-order chi connectivity index (χ1) is 11.5. The van der Waals surface area contributed by atoms with Crippen LogP contribution in [0.2, 0.25) is 0 Å². The summed E-state index contributed by atoms with van der Waals surface area (Å²) < 4.78 is 0. The first-order valence-electron chi connectivity index (χ1n) is 7.96. The predicted molar refractivity (Wildman–Crippen MR) is 106 cm³/mol. The number of allylic oxidation sites excluding steroid dienone is 8. The third-order valence-electron chi connectivity index (χ3n) is 4.02. The van der Waals surface area contributed by atoms with E-state index in [-0.39, 0.29) is 0 Å². The summed E-state index contributed by atoms with van der Waals surface area (Å²) in [5.74, 6) is 0.463. The smallest absolute Gasteiger partial charge is 0.126 e. The highest BCUT2D eigenvalue weighted by Gasteiger charge is 2.06. The molecule has 0 amide bonds. The summed E-state index contributed by atoms with van der Waals surface area (Å²) in [6, 6.07) is 10.1. The minimum absolute atomic E-state index is 0.463. The van der Waals surface area contributed by atoms with Crippen LogP contribution in [-0.4, -0.2) is 6.21 Å². The van der Waals surface area contributed by atoms with Gasteiger partial charge in [-0.05, 0) is 53.2 Å². The Hall–Kier alpha value is -2.87. The number of rotatable bonds is 7. The summed E-state index contributed by atoms with van der Waals surface area (Å²) in [6.07, 6.45) is 9.58. The molecule has 0 saturated carbocycles. The van der Waals surface area contributed by atoms with Gasteiger partial charge in [0.15, 0.2) is 0 Å². The largest absolute Gasteiger partial charge is 0.383 e. The lowest BCUT2D eigenvalue weighted by Gasteiger charge is -2.10. The summed E-state index contributed by atoms with van der Waals surface area (Å²) in [5.41, 5.74) is 12.0. The molecule has 1 aliphatic carbocycles. The third-order valence-corrected chi connectivity index (χ3v) is 4.02. The molecule has 2 heteroatoms. The van der Waals surface area contributed by atoms with Gasteiger partial charge in [-0.15, -0.1) is 0 Å². The molecule has 1 aliphatic rings. The lowest BCUT2D eigenvalue weighted by Crippen LogP contribution is -2.01. The van der Waals surface area contributed by atoms with Crippen LogP contribution in [0.15, 0.2) is 101 Å². The van der Waals surface area contributed by atoms with E-state index in [4.69, 9.17) is 5.73 Å². The quantitative estimate of drug-likeness (QED) is 0.534. The molecule has 0 aliphatic heterocycles. The van der Waals surface area contributed by atoms with Crippen LogP contribution in [0.5, 0.6) is 0 Å². The normalized spacial score (nSPS) is 14.5. The standard InChI is InChI=1S/C22H24N2/c1-16(14-17(2)20-10-6-5-7-11-20)19(4)22(23)24-15-18(3)21-12-8-9-13-21/h5-8,10-13,15H,1-3,9,14,23H2,4H3/b22-19+,24-15-. The highest BCUT2D eigenvalue weighted by atomic mass is 14.9. The van der Waals surface area contributed by atoms with Crippen molar-refractivity contribution in [3.05, 3.63) is 102 Å². The van der Waals surface area contributed by atoms with Gasteiger partial charge in [-0.2, -0.15) is 0 Å². The fourth-order valence-electron chi connectivity index (χ4n) is 2.36. The van der Waals surface area contributed by atoms with Crippen LogP contribution in [0.3, 0.4) is 0 Å². The number of nitrogens with two attached hydrogens (primary N) is 1. The molecule has 122 valence electrons. The van der Waals surface area contributed by atoms with Crippen molar-refractivity contribution in [3.63, 3.8) is 0 Å². The van der Waals surface area contributed by atoms with E-state index < -0.39 is 0 Å². The molecular formula is C22H24N2. The molecule has 2 N–H and O–H groups in total. The topological polar surface area (TPSA) is 38.4 Å². The summed E-state index contributed by atoms with van der Waals surface area (Å²) >= 11 is 0. The Bertz CT molecular complexity index is 771. The van der Waals surface area contributed by atoms with E-state index in [0.29, 0.717) is 12.2 Å². The van der Waals surface area contributed by atoms with Crippen molar-refractivity contribution in [1.82, 2.24) is 0 Å². The number of aliphatic imine (C=N–C) groups is 1. The van der Waals surface area contributed by atoms with E-state index in [1.54, 1.807) is 6.21 Å². The molecule has 0 heterocycles. The maximum Gasteiger partial charge on any atom is 0.126 e. The molecule has 0 atom stereocenters. The van der Waals surface area contributed by atoms with Gasteiger partial charge in [0.2, 0.25) is 0 Å². The SMILES string of the molecule is C=C(/C=N\C(N)=C(/C)C(=C)CC(=C)c1ccccc1)C1=CCC=C1. The maximum absolute atomic E-state index is 6.09. The summed E-state index contributed by atoms with van der Waals surface area (Å²) in [7, 11) is 0.